The van der Waals surface area contributed by atoms with Gasteiger partial charge in [0.1, 0.15) is 5.82 Å². The van der Waals surface area contributed by atoms with Crippen LogP contribution in [0.3, 0.4) is 0 Å². The zero-order valence-electron chi connectivity index (χ0n) is 13.9. The highest BCUT2D eigenvalue weighted by atomic mass is 19.4. The number of hydrogen-bond acceptors (Lipinski definition) is 3. The maximum Gasteiger partial charge on any atom is 0.456 e. The summed E-state index contributed by atoms with van der Waals surface area (Å²) >= 11 is 0. The van der Waals surface area contributed by atoms with E-state index in [1.54, 1.807) is 13.8 Å². The minimum atomic E-state index is -6.02. The Hall–Kier alpha value is -2.03. The van der Waals surface area contributed by atoms with E-state index in [4.69, 9.17) is 0 Å². The maximum atomic E-state index is 13.6. The lowest BCUT2D eigenvalue weighted by Crippen LogP contribution is -2.50. The van der Waals surface area contributed by atoms with Gasteiger partial charge < -0.3 is 10.4 Å². The summed E-state index contributed by atoms with van der Waals surface area (Å²) in [5.74, 6) is -7.06. The van der Waals surface area contributed by atoms with Crippen LogP contribution in [0.25, 0.3) is 0 Å². The van der Waals surface area contributed by atoms with Gasteiger partial charge in [-0.15, -0.1) is 0 Å². The van der Waals surface area contributed by atoms with E-state index < -0.39 is 40.8 Å². The molecular weight excluding hydrogens is 364 g/mol. The molecule has 1 aliphatic rings. The minimum Gasteiger partial charge on any atom is -0.381 e. The van der Waals surface area contributed by atoms with Gasteiger partial charge in [-0.05, 0) is 36.1 Å². The molecule has 0 spiro atoms. The first kappa shape index (κ1) is 20.3. The van der Waals surface area contributed by atoms with Crippen LogP contribution in [-0.2, 0) is 4.79 Å². The second kappa shape index (κ2) is 6.61. The number of carbonyl (C=O) groups excluding carboxylic acids is 1. The molecular formula is C17H17F6NO2. The largest absolute Gasteiger partial charge is 0.456 e. The van der Waals surface area contributed by atoms with Gasteiger partial charge in [0, 0.05) is 23.4 Å². The summed E-state index contributed by atoms with van der Waals surface area (Å²) in [6.45, 7) is 3.28. The molecule has 0 saturated carbocycles. The summed E-state index contributed by atoms with van der Waals surface area (Å²) in [6.07, 6.45) is -9.69. The number of carbonyl (C=O) groups is 1. The van der Waals surface area contributed by atoms with Gasteiger partial charge >= 0.3 is 12.1 Å². The van der Waals surface area contributed by atoms with E-state index in [0.29, 0.717) is 0 Å². The van der Waals surface area contributed by atoms with Crippen LogP contribution in [0, 0.1) is 11.2 Å². The summed E-state index contributed by atoms with van der Waals surface area (Å²) in [5, 5.41) is 12.3. The van der Waals surface area contributed by atoms with Crippen molar-refractivity contribution in [1.82, 2.24) is 0 Å². The Labute approximate surface area is 145 Å². The SMILES string of the molecule is CC1(C)CC(=O)C(C(O)C(F)(F)C(F)(F)F)=C(Nc2ccc(F)cc2)C1. The molecule has 0 saturated heterocycles. The molecule has 9 heteroatoms. The van der Waals surface area contributed by atoms with E-state index in [1.165, 1.54) is 12.1 Å². The summed E-state index contributed by atoms with van der Waals surface area (Å²) in [5.41, 5.74) is -1.77. The molecule has 2 N–H and O–H groups in total. The normalized spacial score (nSPS) is 19.5. The molecule has 0 amide bonds. The third kappa shape index (κ3) is 4.03. The molecule has 0 heterocycles. The van der Waals surface area contributed by atoms with E-state index in [0.717, 1.165) is 12.1 Å². The number of hydrogen-bond donors (Lipinski definition) is 2. The van der Waals surface area contributed by atoms with Crippen molar-refractivity contribution in [3.8, 4) is 0 Å². The topological polar surface area (TPSA) is 49.3 Å². The first-order valence-electron chi connectivity index (χ1n) is 7.66. The number of anilines is 1. The first-order chi connectivity index (χ1) is 11.7. The average molecular weight is 381 g/mol. The van der Waals surface area contributed by atoms with Crippen LogP contribution in [-0.4, -0.2) is 29.1 Å². The van der Waals surface area contributed by atoms with Crippen molar-refractivity contribution in [2.24, 2.45) is 5.41 Å². The van der Waals surface area contributed by atoms with Crippen molar-refractivity contribution >= 4 is 11.5 Å². The summed E-state index contributed by atoms with van der Waals surface area (Å²) in [6, 6.07) is 4.58. The number of rotatable bonds is 4. The number of alkyl halides is 5. The fourth-order valence-electron chi connectivity index (χ4n) is 2.81. The number of nitrogens with one attached hydrogen (secondary N) is 1. The van der Waals surface area contributed by atoms with Crippen LogP contribution in [0.5, 0.6) is 0 Å². The summed E-state index contributed by atoms with van der Waals surface area (Å²) in [7, 11) is 0. The van der Waals surface area contributed by atoms with Crippen molar-refractivity contribution in [1.29, 1.82) is 0 Å². The summed E-state index contributed by atoms with van der Waals surface area (Å²) in [4.78, 5) is 12.3. The standard InChI is InChI=1S/C17H17F6NO2/c1-15(2)7-11(24-10-5-3-9(18)4-6-10)13(12(25)8-15)14(26)16(19,20)17(21,22)23/h3-6,14,24,26H,7-8H2,1-2H3. The van der Waals surface area contributed by atoms with Gasteiger partial charge in [0.25, 0.3) is 0 Å². The fraction of sp³-hybridized carbons (Fsp3) is 0.471. The molecule has 2 rings (SSSR count). The molecule has 1 aliphatic carbocycles. The van der Waals surface area contributed by atoms with Gasteiger partial charge in [0.05, 0.1) is 0 Å². The zero-order valence-corrected chi connectivity index (χ0v) is 13.9. The fourth-order valence-corrected chi connectivity index (χ4v) is 2.81. The van der Waals surface area contributed by atoms with Crippen LogP contribution in [0.15, 0.2) is 35.5 Å². The van der Waals surface area contributed by atoms with Gasteiger partial charge in [0.2, 0.25) is 0 Å². The quantitative estimate of drug-likeness (QED) is 0.759. The molecule has 0 radical (unpaired) electrons. The van der Waals surface area contributed by atoms with Gasteiger partial charge in [-0.3, -0.25) is 4.79 Å². The van der Waals surface area contributed by atoms with Crippen molar-refractivity contribution in [3.63, 3.8) is 0 Å². The zero-order chi connectivity index (χ0) is 19.9. The smallest absolute Gasteiger partial charge is 0.381 e. The first-order valence-corrected chi connectivity index (χ1v) is 7.66. The average Bonchev–Trinajstić information content (AvgIpc) is 2.46. The Morgan fingerprint density at radius 1 is 1.08 bits per heavy atom. The van der Waals surface area contributed by atoms with E-state index >= 15 is 0 Å². The number of ketones is 1. The van der Waals surface area contributed by atoms with Gasteiger partial charge in [-0.25, -0.2) is 4.39 Å². The van der Waals surface area contributed by atoms with Crippen molar-refractivity contribution in [2.75, 3.05) is 5.32 Å². The Kier molecular flexibility index (Phi) is 5.15. The van der Waals surface area contributed by atoms with E-state index in [1.807, 2.05) is 0 Å². The van der Waals surface area contributed by atoms with Crippen LogP contribution >= 0.6 is 0 Å². The summed E-state index contributed by atoms with van der Waals surface area (Å²) < 4.78 is 78.0. The van der Waals surface area contributed by atoms with Crippen LogP contribution in [0.2, 0.25) is 0 Å². The predicted molar refractivity (Wildman–Crippen MR) is 82.1 cm³/mol. The van der Waals surface area contributed by atoms with Crippen molar-refractivity contribution in [3.05, 3.63) is 41.4 Å². The van der Waals surface area contributed by atoms with Crippen LogP contribution < -0.4 is 5.32 Å². The molecule has 1 unspecified atom stereocenters. The molecule has 1 atom stereocenters. The van der Waals surface area contributed by atoms with E-state index in [-0.39, 0.29) is 24.2 Å². The highest BCUT2D eigenvalue weighted by molar-refractivity contribution is 5.99. The van der Waals surface area contributed by atoms with Gasteiger partial charge in [-0.2, -0.15) is 22.0 Å². The molecule has 1 aromatic carbocycles. The molecule has 1 aromatic rings. The Morgan fingerprint density at radius 3 is 2.12 bits per heavy atom. The number of aliphatic hydroxyl groups excluding tert-OH is 1. The highest BCUT2D eigenvalue weighted by Crippen LogP contribution is 2.45. The number of allylic oxidation sites excluding steroid dienone is 1. The highest BCUT2D eigenvalue weighted by Gasteiger charge is 2.64. The second-order valence-electron chi connectivity index (χ2n) is 6.99. The lowest BCUT2D eigenvalue weighted by molar-refractivity contribution is -0.306. The minimum absolute atomic E-state index is 0.0452. The third-order valence-corrected chi connectivity index (χ3v) is 4.05. The Balaban J connectivity index is 2.51. The molecule has 0 fully saturated rings. The van der Waals surface area contributed by atoms with Gasteiger partial charge in [-0.1, -0.05) is 13.8 Å². The Bertz CT molecular complexity index is 722. The maximum absolute atomic E-state index is 13.6. The number of halogens is 6. The molecule has 26 heavy (non-hydrogen) atoms. The molecule has 0 bridgehead atoms. The van der Waals surface area contributed by atoms with E-state index in [9.17, 15) is 36.2 Å². The number of benzene rings is 1. The monoisotopic (exact) mass is 381 g/mol. The number of aliphatic hydroxyl groups is 1. The lowest BCUT2D eigenvalue weighted by Gasteiger charge is -2.36. The molecule has 3 nitrogen and oxygen atoms in total. The van der Waals surface area contributed by atoms with Gasteiger partial charge in [0.15, 0.2) is 11.9 Å². The number of Topliss-reactive ketones (excluding diaryl/α,β-unsaturated/α-hetero) is 1. The van der Waals surface area contributed by atoms with Crippen LogP contribution in [0.4, 0.5) is 32.0 Å². The van der Waals surface area contributed by atoms with Crippen molar-refractivity contribution < 1.29 is 36.2 Å². The second-order valence-corrected chi connectivity index (χ2v) is 6.99. The van der Waals surface area contributed by atoms with Crippen molar-refractivity contribution in [2.45, 2.75) is 44.9 Å². The predicted octanol–water partition coefficient (Wildman–Crippen LogP) is 4.44. The molecule has 0 aromatic heterocycles. The molecule has 144 valence electrons. The lowest BCUT2D eigenvalue weighted by atomic mass is 9.74. The third-order valence-electron chi connectivity index (χ3n) is 4.05. The Morgan fingerprint density at radius 2 is 1.62 bits per heavy atom. The van der Waals surface area contributed by atoms with E-state index in [2.05, 4.69) is 5.32 Å². The van der Waals surface area contributed by atoms with Crippen LogP contribution in [0.1, 0.15) is 26.7 Å². The molecule has 0 aliphatic heterocycles.